The fourth-order valence-electron chi connectivity index (χ4n) is 2.36. The number of carbonyl (C=O) groups is 1. The molecule has 2 heterocycles. The Balaban J connectivity index is 1.60. The maximum Gasteiger partial charge on any atom is 0.226 e. The van der Waals surface area contributed by atoms with Crippen LogP contribution >= 0.6 is 11.3 Å². The SMILES string of the molecule is Cc1noc(C)c1CCC(=O)Nc1nc(-c2ccc(F)cc2)cs1. The first kappa shape index (κ1) is 16.3. The summed E-state index contributed by atoms with van der Waals surface area (Å²) in [7, 11) is 0. The first-order valence-corrected chi connectivity index (χ1v) is 8.34. The van der Waals surface area contributed by atoms with E-state index >= 15 is 0 Å². The van der Waals surface area contributed by atoms with E-state index in [9.17, 15) is 9.18 Å². The molecule has 0 fully saturated rings. The van der Waals surface area contributed by atoms with E-state index in [-0.39, 0.29) is 11.7 Å². The van der Waals surface area contributed by atoms with Crippen LogP contribution < -0.4 is 5.32 Å². The number of halogens is 1. The van der Waals surface area contributed by atoms with Crippen molar-refractivity contribution in [3.63, 3.8) is 0 Å². The monoisotopic (exact) mass is 345 g/mol. The Kier molecular flexibility index (Phi) is 4.71. The molecule has 0 bridgehead atoms. The molecule has 1 amide bonds. The fourth-order valence-corrected chi connectivity index (χ4v) is 3.10. The number of hydrogen-bond acceptors (Lipinski definition) is 5. The van der Waals surface area contributed by atoms with Crippen molar-refractivity contribution in [1.82, 2.24) is 10.1 Å². The average molecular weight is 345 g/mol. The van der Waals surface area contributed by atoms with Gasteiger partial charge in [0, 0.05) is 22.9 Å². The first-order chi connectivity index (χ1) is 11.5. The fraction of sp³-hybridized carbons (Fsp3) is 0.235. The Morgan fingerprint density at radius 1 is 1.29 bits per heavy atom. The highest BCUT2D eigenvalue weighted by atomic mass is 32.1. The molecule has 0 atom stereocenters. The molecule has 1 N–H and O–H groups in total. The smallest absolute Gasteiger partial charge is 0.226 e. The van der Waals surface area contributed by atoms with Gasteiger partial charge in [0.05, 0.1) is 11.4 Å². The van der Waals surface area contributed by atoms with Crippen LogP contribution in [0.5, 0.6) is 0 Å². The van der Waals surface area contributed by atoms with Crippen LogP contribution in [0.3, 0.4) is 0 Å². The van der Waals surface area contributed by atoms with Crippen LogP contribution in [-0.2, 0) is 11.2 Å². The summed E-state index contributed by atoms with van der Waals surface area (Å²) in [5.74, 6) is 0.338. The number of carbonyl (C=O) groups excluding carboxylic acids is 1. The maximum absolute atomic E-state index is 13.0. The second-order valence-corrected chi connectivity index (χ2v) is 6.25. The van der Waals surface area contributed by atoms with Crippen LogP contribution in [0.4, 0.5) is 9.52 Å². The third-order valence-corrected chi connectivity index (χ3v) is 4.43. The van der Waals surface area contributed by atoms with Crippen molar-refractivity contribution in [2.45, 2.75) is 26.7 Å². The van der Waals surface area contributed by atoms with Crippen molar-refractivity contribution in [1.29, 1.82) is 0 Å². The second-order valence-electron chi connectivity index (χ2n) is 5.40. The normalized spacial score (nSPS) is 10.8. The van der Waals surface area contributed by atoms with Crippen molar-refractivity contribution >= 4 is 22.4 Å². The van der Waals surface area contributed by atoms with Crippen LogP contribution in [0.15, 0.2) is 34.2 Å². The van der Waals surface area contributed by atoms with Gasteiger partial charge < -0.3 is 9.84 Å². The van der Waals surface area contributed by atoms with Crippen LogP contribution in [0.2, 0.25) is 0 Å². The number of rotatable bonds is 5. The minimum atomic E-state index is -0.290. The lowest BCUT2D eigenvalue weighted by molar-refractivity contribution is -0.116. The number of hydrogen-bond donors (Lipinski definition) is 1. The lowest BCUT2D eigenvalue weighted by Crippen LogP contribution is -2.12. The number of anilines is 1. The van der Waals surface area contributed by atoms with Crippen molar-refractivity contribution in [2.24, 2.45) is 0 Å². The largest absolute Gasteiger partial charge is 0.361 e. The molecule has 1 aromatic carbocycles. The van der Waals surface area contributed by atoms with Gasteiger partial charge in [-0.05, 0) is 44.5 Å². The number of aromatic nitrogens is 2. The number of thiazole rings is 1. The highest BCUT2D eigenvalue weighted by molar-refractivity contribution is 7.14. The molecule has 0 saturated heterocycles. The predicted molar refractivity (Wildman–Crippen MR) is 90.4 cm³/mol. The molecule has 124 valence electrons. The molecule has 0 aliphatic rings. The highest BCUT2D eigenvalue weighted by Crippen LogP contribution is 2.25. The Hall–Kier alpha value is -2.54. The van der Waals surface area contributed by atoms with Crippen LogP contribution in [0.25, 0.3) is 11.3 Å². The van der Waals surface area contributed by atoms with Gasteiger partial charge >= 0.3 is 0 Å². The van der Waals surface area contributed by atoms with Crippen LogP contribution in [0.1, 0.15) is 23.4 Å². The zero-order valence-corrected chi connectivity index (χ0v) is 14.1. The number of benzene rings is 1. The number of nitrogens with one attached hydrogen (secondary N) is 1. The summed E-state index contributed by atoms with van der Waals surface area (Å²) in [6.45, 7) is 3.70. The summed E-state index contributed by atoms with van der Waals surface area (Å²) in [4.78, 5) is 16.4. The molecule has 0 unspecified atom stereocenters. The summed E-state index contributed by atoms with van der Waals surface area (Å²) in [5, 5.41) is 9.02. The summed E-state index contributed by atoms with van der Waals surface area (Å²) < 4.78 is 18.0. The molecule has 7 heteroatoms. The Labute approximate surface area is 142 Å². The zero-order chi connectivity index (χ0) is 17.1. The minimum absolute atomic E-state index is 0.116. The van der Waals surface area contributed by atoms with E-state index in [4.69, 9.17) is 4.52 Å². The number of nitrogens with zero attached hydrogens (tertiary/aromatic N) is 2. The molecule has 5 nitrogen and oxygen atoms in total. The zero-order valence-electron chi connectivity index (χ0n) is 13.3. The van der Waals surface area contributed by atoms with Gasteiger partial charge in [-0.2, -0.15) is 0 Å². The number of amides is 1. The third kappa shape index (κ3) is 3.68. The molecular formula is C17H16FN3O2S. The van der Waals surface area contributed by atoms with Gasteiger partial charge in [-0.3, -0.25) is 4.79 Å². The lowest BCUT2D eigenvalue weighted by Gasteiger charge is -2.02. The van der Waals surface area contributed by atoms with Gasteiger partial charge in [0.1, 0.15) is 11.6 Å². The Morgan fingerprint density at radius 2 is 2.04 bits per heavy atom. The van der Waals surface area contributed by atoms with Crippen LogP contribution in [-0.4, -0.2) is 16.0 Å². The maximum atomic E-state index is 13.0. The van der Waals surface area contributed by atoms with Gasteiger partial charge in [-0.1, -0.05) is 5.16 Å². The van der Waals surface area contributed by atoms with Gasteiger partial charge in [0.2, 0.25) is 5.91 Å². The van der Waals surface area contributed by atoms with E-state index in [1.54, 1.807) is 12.1 Å². The van der Waals surface area contributed by atoms with E-state index in [0.29, 0.717) is 23.7 Å². The Bertz CT molecular complexity index is 836. The third-order valence-electron chi connectivity index (χ3n) is 3.67. The molecule has 0 radical (unpaired) electrons. The van der Waals surface area contributed by atoms with Gasteiger partial charge in [-0.25, -0.2) is 9.37 Å². The quantitative estimate of drug-likeness (QED) is 0.755. The molecular weight excluding hydrogens is 329 g/mol. The molecule has 0 saturated carbocycles. The predicted octanol–water partition coefficient (Wildman–Crippen LogP) is 4.13. The summed E-state index contributed by atoms with van der Waals surface area (Å²) in [6, 6.07) is 6.09. The van der Waals surface area contributed by atoms with Gasteiger partial charge in [0.15, 0.2) is 5.13 Å². The van der Waals surface area contributed by atoms with Crippen molar-refractivity contribution in [3.05, 3.63) is 52.5 Å². The summed E-state index contributed by atoms with van der Waals surface area (Å²) in [6.07, 6.45) is 0.900. The highest BCUT2D eigenvalue weighted by Gasteiger charge is 2.12. The van der Waals surface area contributed by atoms with E-state index < -0.39 is 0 Å². The van der Waals surface area contributed by atoms with E-state index in [0.717, 1.165) is 22.6 Å². The molecule has 3 rings (SSSR count). The molecule has 2 aromatic heterocycles. The van der Waals surface area contributed by atoms with Crippen LogP contribution in [0, 0.1) is 19.7 Å². The van der Waals surface area contributed by atoms with Gasteiger partial charge in [-0.15, -0.1) is 11.3 Å². The first-order valence-electron chi connectivity index (χ1n) is 7.46. The average Bonchev–Trinajstić information content (AvgIpc) is 3.14. The summed E-state index contributed by atoms with van der Waals surface area (Å²) >= 11 is 1.34. The molecule has 0 spiro atoms. The molecule has 0 aliphatic carbocycles. The molecule has 24 heavy (non-hydrogen) atoms. The van der Waals surface area contributed by atoms with Crippen molar-refractivity contribution in [3.8, 4) is 11.3 Å². The molecule has 0 aliphatic heterocycles. The van der Waals surface area contributed by atoms with E-state index in [2.05, 4.69) is 15.5 Å². The van der Waals surface area contributed by atoms with E-state index in [1.165, 1.54) is 23.5 Å². The molecule has 3 aromatic rings. The lowest BCUT2D eigenvalue weighted by atomic mass is 10.1. The van der Waals surface area contributed by atoms with Crippen molar-refractivity contribution < 1.29 is 13.7 Å². The van der Waals surface area contributed by atoms with Crippen molar-refractivity contribution in [2.75, 3.05) is 5.32 Å². The summed E-state index contributed by atoms with van der Waals surface area (Å²) in [5.41, 5.74) is 3.30. The number of aryl methyl sites for hydroxylation is 2. The Morgan fingerprint density at radius 3 is 2.71 bits per heavy atom. The van der Waals surface area contributed by atoms with Gasteiger partial charge in [0.25, 0.3) is 0 Å². The van der Waals surface area contributed by atoms with E-state index in [1.807, 2.05) is 19.2 Å². The topological polar surface area (TPSA) is 68.0 Å². The minimum Gasteiger partial charge on any atom is -0.361 e. The standard InChI is InChI=1S/C17H16FN3O2S/c1-10-14(11(2)23-21-10)7-8-16(22)20-17-19-15(9-24-17)12-3-5-13(18)6-4-12/h3-6,9H,7-8H2,1-2H3,(H,19,20,22). The second kappa shape index (κ2) is 6.92.